The summed E-state index contributed by atoms with van der Waals surface area (Å²) in [7, 11) is 0. The Morgan fingerprint density at radius 2 is 1.93 bits per heavy atom. The van der Waals surface area contributed by atoms with Gasteiger partial charge >= 0.3 is 5.97 Å². The number of nitrogens with two attached hydrogens (primary N) is 2. The van der Waals surface area contributed by atoms with Crippen molar-refractivity contribution >= 4 is 17.8 Å². The molecule has 6 N–H and O–H groups in total. The van der Waals surface area contributed by atoms with Crippen LogP contribution in [0.1, 0.15) is 37.7 Å². The topological polar surface area (TPSA) is 139 Å². The molecule has 154 valence electrons. The third-order valence-corrected chi connectivity index (χ3v) is 5.02. The quantitative estimate of drug-likeness (QED) is 0.422. The normalized spacial score (nSPS) is 18.5. The predicted molar refractivity (Wildman–Crippen MR) is 105 cm³/mol. The zero-order valence-corrected chi connectivity index (χ0v) is 16.0. The van der Waals surface area contributed by atoms with Crippen LogP contribution < -0.4 is 16.8 Å². The van der Waals surface area contributed by atoms with E-state index in [0.29, 0.717) is 32.4 Å². The van der Waals surface area contributed by atoms with E-state index in [1.807, 2.05) is 30.3 Å². The fourth-order valence-corrected chi connectivity index (χ4v) is 3.46. The highest BCUT2D eigenvalue weighted by Gasteiger charge is 2.37. The van der Waals surface area contributed by atoms with Gasteiger partial charge in [0, 0.05) is 13.0 Å². The zero-order valence-electron chi connectivity index (χ0n) is 16.0. The van der Waals surface area contributed by atoms with Crippen LogP contribution in [-0.4, -0.2) is 59.0 Å². The van der Waals surface area contributed by atoms with E-state index in [1.54, 1.807) is 0 Å². The van der Waals surface area contributed by atoms with Crippen molar-refractivity contribution in [3.8, 4) is 0 Å². The molecule has 0 radical (unpaired) electrons. The molecular formula is C20H30N4O4. The summed E-state index contributed by atoms with van der Waals surface area (Å²) in [5.74, 6) is -1.80. The summed E-state index contributed by atoms with van der Waals surface area (Å²) < 4.78 is 0. The highest BCUT2D eigenvalue weighted by Crippen LogP contribution is 2.19. The summed E-state index contributed by atoms with van der Waals surface area (Å²) in [5, 5.41) is 12.1. The van der Waals surface area contributed by atoms with E-state index in [-0.39, 0.29) is 12.3 Å². The third-order valence-electron chi connectivity index (χ3n) is 5.02. The number of aliphatic carboxylic acids is 1. The SMILES string of the molecule is NCCCC[C@H](N)C(=O)N[C@@H](Cc1ccccc1)C(=O)N1CCC[C@@H]1C(=O)O. The minimum Gasteiger partial charge on any atom is -0.480 e. The van der Waals surface area contributed by atoms with Gasteiger partial charge in [0.05, 0.1) is 6.04 Å². The lowest BCUT2D eigenvalue weighted by molar-refractivity contribution is -0.149. The van der Waals surface area contributed by atoms with Crippen LogP contribution in [0.15, 0.2) is 30.3 Å². The van der Waals surface area contributed by atoms with Gasteiger partial charge in [0.2, 0.25) is 11.8 Å². The average Bonchev–Trinajstić information content (AvgIpc) is 3.18. The summed E-state index contributed by atoms with van der Waals surface area (Å²) >= 11 is 0. The van der Waals surface area contributed by atoms with Crippen molar-refractivity contribution in [3.63, 3.8) is 0 Å². The van der Waals surface area contributed by atoms with Crippen molar-refractivity contribution in [2.24, 2.45) is 11.5 Å². The number of hydrogen-bond acceptors (Lipinski definition) is 5. The van der Waals surface area contributed by atoms with E-state index in [2.05, 4.69) is 5.32 Å². The van der Waals surface area contributed by atoms with Crippen molar-refractivity contribution in [3.05, 3.63) is 35.9 Å². The van der Waals surface area contributed by atoms with Gasteiger partial charge in [-0.2, -0.15) is 0 Å². The number of carboxylic acids is 1. The first-order valence-electron chi connectivity index (χ1n) is 9.77. The second-order valence-electron chi connectivity index (χ2n) is 7.17. The molecule has 0 bridgehead atoms. The summed E-state index contributed by atoms with van der Waals surface area (Å²) in [5.41, 5.74) is 12.3. The highest BCUT2D eigenvalue weighted by atomic mass is 16.4. The molecule has 1 saturated heterocycles. The van der Waals surface area contributed by atoms with Gasteiger partial charge in [-0.05, 0) is 37.8 Å². The smallest absolute Gasteiger partial charge is 0.326 e. The van der Waals surface area contributed by atoms with E-state index < -0.39 is 30.0 Å². The number of likely N-dealkylation sites (tertiary alicyclic amines) is 1. The minimum atomic E-state index is -1.02. The Morgan fingerprint density at radius 1 is 1.21 bits per heavy atom. The summed E-state index contributed by atoms with van der Waals surface area (Å²) in [6, 6.07) is 6.88. The number of unbranched alkanes of at least 4 members (excludes halogenated alkanes) is 1. The van der Waals surface area contributed by atoms with Gasteiger partial charge in [0.15, 0.2) is 0 Å². The van der Waals surface area contributed by atoms with E-state index in [1.165, 1.54) is 4.90 Å². The molecule has 1 aromatic carbocycles. The molecule has 8 heteroatoms. The van der Waals surface area contributed by atoms with E-state index >= 15 is 0 Å². The molecule has 1 aliphatic heterocycles. The maximum Gasteiger partial charge on any atom is 0.326 e. The highest BCUT2D eigenvalue weighted by molar-refractivity contribution is 5.92. The lowest BCUT2D eigenvalue weighted by Gasteiger charge is -2.28. The molecule has 0 aromatic heterocycles. The first-order valence-corrected chi connectivity index (χ1v) is 9.77. The second-order valence-corrected chi connectivity index (χ2v) is 7.17. The third kappa shape index (κ3) is 6.03. The number of carbonyl (C=O) groups is 3. The fourth-order valence-electron chi connectivity index (χ4n) is 3.46. The number of nitrogens with one attached hydrogen (secondary N) is 1. The Morgan fingerprint density at radius 3 is 2.57 bits per heavy atom. The van der Waals surface area contributed by atoms with Crippen LogP contribution in [0, 0.1) is 0 Å². The Bertz CT molecular complexity index is 667. The van der Waals surface area contributed by atoms with E-state index in [4.69, 9.17) is 11.5 Å². The van der Waals surface area contributed by atoms with Crippen molar-refractivity contribution < 1.29 is 19.5 Å². The molecule has 0 spiro atoms. The monoisotopic (exact) mass is 390 g/mol. The maximum absolute atomic E-state index is 13.1. The van der Waals surface area contributed by atoms with Gasteiger partial charge in [-0.25, -0.2) is 4.79 Å². The van der Waals surface area contributed by atoms with Crippen LogP contribution in [-0.2, 0) is 20.8 Å². The molecule has 0 saturated carbocycles. The number of rotatable bonds is 10. The molecule has 8 nitrogen and oxygen atoms in total. The van der Waals surface area contributed by atoms with Crippen molar-refractivity contribution in [1.29, 1.82) is 0 Å². The molecule has 0 unspecified atom stereocenters. The Kier molecular flexibility index (Phi) is 8.41. The number of amides is 2. The minimum absolute atomic E-state index is 0.282. The molecule has 2 amide bonds. The van der Waals surface area contributed by atoms with E-state index in [0.717, 1.165) is 18.4 Å². The van der Waals surface area contributed by atoms with Crippen molar-refractivity contribution in [2.75, 3.05) is 13.1 Å². The Hall–Kier alpha value is -2.45. The molecule has 1 heterocycles. The molecule has 1 aliphatic rings. The maximum atomic E-state index is 13.1. The van der Waals surface area contributed by atoms with Gasteiger partial charge in [-0.1, -0.05) is 36.8 Å². The van der Waals surface area contributed by atoms with Crippen LogP contribution in [0.25, 0.3) is 0 Å². The number of benzene rings is 1. The standard InChI is InChI=1S/C20H30N4O4/c21-11-5-4-9-15(22)18(25)23-16(13-14-7-2-1-3-8-14)19(26)24-12-6-10-17(24)20(27)28/h1-3,7-8,15-17H,4-6,9-13,21-22H2,(H,23,25)(H,27,28)/t15-,16-,17+/m0/s1. The lowest BCUT2D eigenvalue weighted by Crippen LogP contribution is -2.55. The first kappa shape index (κ1) is 21.8. The fraction of sp³-hybridized carbons (Fsp3) is 0.550. The van der Waals surface area contributed by atoms with Crippen molar-refractivity contribution in [1.82, 2.24) is 10.2 Å². The molecular weight excluding hydrogens is 360 g/mol. The van der Waals surface area contributed by atoms with Crippen LogP contribution in [0.3, 0.4) is 0 Å². The molecule has 2 rings (SSSR count). The van der Waals surface area contributed by atoms with Crippen LogP contribution in [0.5, 0.6) is 0 Å². The van der Waals surface area contributed by atoms with Crippen LogP contribution >= 0.6 is 0 Å². The molecule has 28 heavy (non-hydrogen) atoms. The number of carbonyl (C=O) groups excluding carboxylic acids is 2. The van der Waals surface area contributed by atoms with Crippen LogP contribution in [0.4, 0.5) is 0 Å². The largest absolute Gasteiger partial charge is 0.480 e. The Balaban J connectivity index is 2.11. The molecule has 1 fully saturated rings. The lowest BCUT2D eigenvalue weighted by atomic mass is 10.0. The van der Waals surface area contributed by atoms with Gasteiger partial charge in [-0.15, -0.1) is 0 Å². The molecule has 3 atom stereocenters. The van der Waals surface area contributed by atoms with Gasteiger partial charge in [0.1, 0.15) is 12.1 Å². The van der Waals surface area contributed by atoms with Gasteiger partial charge in [0.25, 0.3) is 0 Å². The molecule has 0 aliphatic carbocycles. The number of hydrogen-bond donors (Lipinski definition) is 4. The van der Waals surface area contributed by atoms with Crippen molar-refractivity contribution in [2.45, 2.75) is 56.7 Å². The Labute approximate surface area is 165 Å². The van der Waals surface area contributed by atoms with Gasteiger partial charge in [-0.3, -0.25) is 9.59 Å². The second kappa shape index (κ2) is 10.8. The van der Waals surface area contributed by atoms with Gasteiger partial charge < -0.3 is 26.8 Å². The van der Waals surface area contributed by atoms with E-state index in [9.17, 15) is 19.5 Å². The predicted octanol–water partition coefficient (Wildman–Crippen LogP) is 0.246. The zero-order chi connectivity index (χ0) is 20.5. The summed E-state index contributed by atoms with van der Waals surface area (Å²) in [4.78, 5) is 38.4. The number of carboxylic acid groups (broad SMARTS) is 1. The summed E-state index contributed by atoms with van der Waals surface area (Å²) in [6.07, 6.45) is 3.33. The first-order chi connectivity index (χ1) is 13.4. The average molecular weight is 390 g/mol. The molecule has 1 aromatic rings. The van der Waals surface area contributed by atoms with Crippen LogP contribution in [0.2, 0.25) is 0 Å². The number of nitrogens with zero attached hydrogens (tertiary/aromatic N) is 1. The summed E-state index contributed by atoms with van der Waals surface area (Å²) in [6.45, 7) is 0.911.